The molecule has 0 aliphatic rings. The third-order valence-corrected chi connectivity index (χ3v) is 3.15. The van der Waals surface area contributed by atoms with E-state index in [2.05, 4.69) is 5.32 Å². The number of nitrogens with one attached hydrogen (secondary N) is 1. The Labute approximate surface area is 114 Å². The summed E-state index contributed by atoms with van der Waals surface area (Å²) in [6.07, 6.45) is 0. The second-order valence-electron chi connectivity index (χ2n) is 4.62. The Bertz CT molecular complexity index is 627. The van der Waals surface area contributed by atoms with E-state index in [-0.39, 0.29) is 12.6 Å². The predicted molar refractivity (Wildman–Crippen MR) is 69.5 cm³/mol. The molecule has 0 heterocycles. The van der Waals surface area contributed by atoms with Crippen LogP contribution >= 0.6 is 0 Å². The van der Waals surface area contributed by atoms with Gasteiger partial charge in [-0.05, 0) is 30.5 Å². The normalized spacial score (nSPS) is 10.7. The Hall–Kier alpha value is -2.04. The first-order valence-corrected chi connectivity index (χ1v) is 6.03. The van der Waals surface area contributed by atoms with Crippen LogP contribution in [-0.2, 0) is 6.54 Å². The average molecular weight is 283 g/mol. The van der Waals surface area contributed by atoms with Crippen LogP contribution in [0.3, 0.4) is 0 Å². The minimum atomic E-state index is -1.42. The zero-order valence-electron chi connectivity index (χ0n) is 11.0. The van der Waals surface area contributed by atoms with E-state index < -0.39 is 29.0 Å². The molecule has 0 spiro atoms. The highest BCUT2D eigenvalue weighted by Gasteiger charge is 2.18. The minimum Gasteiger partial charge on any atom is -0.376 e. The molecule has 0 aliphatic carbocycles. The van der Waals surface area contributed by atoms with E-state index in [1.807, 2.05) is 26.0 Å². The van der Waals surface area contributed by atoms with Crippen molar-refractivity contribution in [3.8, 4) is 0 Å². The summed E-state index contributed by atoms with van der Waals surface area (Å²) in [7, 11) is 0. The molecule has 0 fully saturated rings. The van der Waals surface area contributed by atoms with Crippen molar-refractivity contribution in [3.63, 3.8) is 0 Å². The van der Waals surface area contributed by atoms with Crippen LogP contribution in [0.15, 0.2) is 24.3 Å². The number of hydrogen-bond donors (Lipinski definition) is 1. The molecular weight excluding hydrogens is 270 g/mol. The molecule has 0 unspecified atom stereocenters. The van der Waals surface area contributed by atoms with Gasteiger partial charge in [0.05, 0.1) is 0 Å². The SMILES string of the molecule is Cc1ccc(CNc2c(F)c(F)cc(F)c2F)cc1C. The van der Waals surface area contributed by atoms with Crippen LogP contribution in [0.2, 0.25) is 0 Å². The van der Waals surface area contributed by atoms with Gasteiger partial charge in [-0.15, -0.1) is 0 Å². The van der Waals surface area contributed by atoms with Crippen LogP contribution in [0.5, 0.6) is 0 Å². The van der Waals surface area contributed by atoms with Gasteiger partial charge in [0.1, 0.15) is 5.69 Å². The summed E-state index contributed by atoms with van der Waals surface area (Å²) in [6.45, 7) is 3.91. The monoisotopic (exact) mass is 283 g/mol. The maximum absolute atomic E-state index is 13.4. The topological polar surface area (TPSA) is 12.0 Å². The van der Waals surface area contributed by atoms with Crippen LogP contribution in [0.4, 0.5) is 23.2 Å². The van der Waals surface area contributed by atoms with Gasteiger partial charge >= 0.3 is 0 Å². The molecule has 0 aromatic heterocycles. The lowest BCUT2D eigenvalue weighted by Gasteiger charge is -2.11. The largest absolute Gasteiger partial charge is 0.376 e. The molecule has 0 atom stereocenters. The van der Waals surface area contributed by atoms with Crippen molar-refractivity contribution in [1.82, 2.24) is 0 Å². The van der Waals surface area contributed by atoms with Gasteiger partial charge in [-0.25, -0.2) is 17.6 Å². The highest BCUT2D eigenvalue weighted by Crippen LogP contribution is 2.24. The van der Waals surface area contributed by atoms with E-state index in [4.69, 9.17) is 0 Å². The fraction of sp³-hybridized carbons (Fsp3) is 0.200. The molecule has 20 heavy (non-hydrogen) atoms. The van der Waals surface area contributed by atoms with Crippen molar-refractivity contribution >= 4 is 5.69 Å². The summed E-state index contributed by atoms with van der Waals surface area (Å²) in [5.74, 6) is -5.70. The summed E-state index contributed by atoms with van der Waals surface area (Å²) >= 11 is 0. The molecule has 0 saturated heterocycles. The number of aryl methyl sites for hydroxylation is 2. The Morgan fingerprint density at radius 3 is 2.00 bits per heavy atom. The molecule has 0 aliphatic heterocycles. The van der Waals surface area contributed by atoms with Crippen molar-refractivity contribution in [1.29, 1.82) is 0 Å². The minimum absolute atomic E-state index is 0.0673. The molecule has 1 N–H and O–H groups in total. The number of anilines is 1. The molecular formula is C15H13F4N. The zero-order chi connectivity index (χ0) is 14.9. The molecule has 0 saturated carbocycles. The average Bonchev–Trinajstić information content (AvgIpc) is 2.40. The molecule has 0 radical (unpaired) electrons. The molecule has 0 amide bonds. The highest BCUT2D eigenvalue weighted by molar-refractivity contribution is 5.48. The van der Waals surface area contributed by atoms with Crippen LogP contribution in [0.25, 0.3) is 0 Å². The molecule has 1 nitrogen and oxygen atoms in total. The van der Waals surface area contributed by atoms with Gasteiger partial charge in [0.25, 0.3) is 0 Å². The Morgan fingerprint density at radius 2 is 1.45 bits per heavy atom. The summed E-state index contributed by atoms with van der Waals surface area (Å²) in [5.41, 5.74) is 2.08. The van der Waals surface area contributed by atoms with Crippen LogP contribution < -0.4 is 5.32 Å². The van der Waals surface area contributed by atoms with Gasteiger partial charge < -0.3 is 5.32 Å². The summed E-state index contributed by atoms with van der Waals surface area (Å²) < 4.78 is 53.0. The maximum Gasteiger partial charge on any atom is 0.185 e. The second kappa shape index (κ2) is 5.53. The Balaban J connectivity index is 2.25. The summed E-state index contributed by atoms with van der Waals surface area (Å²) in [4.78, 5) is 0. The number of rotatable bonds is 3. The fourth-order valence-corrected chi connectivity index (χ4v) is 1.83. The first-order valence-electron chi connectivity index (χ1n) is 6.03. The van der Waals surface area contributed by atoms with Gasteiger partial charge in [-0.3, -0.25) is 0 Å². The third-order valence-electron chi connectivity index (χ3n) is 3.15. The van der Waals surface area contributed by atoms with Gasteiger partial charge in [-0.2, -0.15) is 0 Å². The lowest BCUT2D eigenvalue weighted by Crippen LogP contribution is -2.07. The van der Waals surface area contributed by atoms with Crippen LogP contribution in [0, 0.1) is 37.1 Å². The van der Waals surface area contributed by atoms with E-state index in [0.717, 1.165) is 16.7 Å². The quantitative estimate of drug-likeness (QED) is 0.647. The number of hydrogen-bond acceptors (Lipinski definition) is 1. The smallest absolute Gasteiger partial charge is 0.185 e. The fourth-order valence-electron chi connectivity index (χ4n) is 1.83. The predicted octanol–water partition coefficient (Wildman–Crippen LogP) is 4.47. The lowest BCUT2D eigenvalue weighted by molar-refractivity contribution is 0.458. The van der Waals surface area contributed by atoms with E-state index in [1.54, 1.807) is 6.07 Å². The molecule has 0 bridgehead atoms. The van der Waals surface area contributed by atoms with Gasteiger partial charge in [0.15, 0.2) is 23.3 Å². The molecule has 5 heteroatoms. The van der Waals surface area contributed by atoms with Crippen molar-refractivity contribution in [2.24, 2.45) is 0 Å². The summed E-state index contributed by atoms with van der Waals surface area (Å²) in [6, 6.07) is 5.67. The van der Waals surface area contributed by atoms with E-state index in [1.165, 1.54) is 0 Å². The first-order chi connectivity index (χ1) is 9.40. The van der Waals surface area contributed by atoms with Crippen molar-refractivity contribution in [3.05, 3.63) is 64.2 Å². The van der Waals surface area contributed by atoms with E-state index in [9.17, 15) is 17.6 Å². The van der Waals surface area contributed by atoms with Crippen molar-refractivity contribution < 1.29 is 17.6 Å². The molecule has 106 valence electrons. The summed E-state index contributed by atoms with van der Waals surface area (Å²) in [5, 5.41) is 2.40. The highest BCUT2D eigenvalue weighted by atomic mass is 19.2. The lowest BCUT2D eigenvalue weighted by atomic mass is 10.1. The zero-order valence-corrected chi connectivity index (χ0v) is 11.0. The third kappa shape index (κ3) is 2.76. The maximum atomic E-state index is 13.4. The molecule has 2 rings (SSSR count). The van der Waals surface area contributed by atoms with Gasteiger partial charge in [0.2, 0.25) is 0 Å². The first kappa shape index (κ1) is 14.4. The Kier molecular flexibility index (Phi) is 3.97. The van der Waals surface area contributed by atoms with Crippen molar-refractivity contribution in [2.75, 3.05) is 5.32 Å². The second-order valence-corrected chi connectivity index (χ2v) is 4.62. The molecule has 2 aromatic rings. The Morgan fingerprint density at radius 1 is 0.850 bits per heavy atom. The number of halogens is 4. The van der Waals surface area contributed by atoms with Gasteiger partial charge in [0, 0.05) is 12.6 Å². The molecule has 2 aromatic carbocycles. The van der Waals surface area contributed by atoms with Crippen LogP contribution in [-0.4, -0.2) is 0 Å². The van der Waals surface area contributed by atoms with Crippen LogP contribution in [0.1, 0.15) is 16.7 Å². The van der Waals surface area contributed by atoms with Gasteiger partial charge in [-0.1, -0.05) is 18.2 Å². The number of benzene rings is 2. The van der Waals surface area contributed by atoms with E-state index >= 15 is 0 Å². The van der Waals surface area contributed by atoms with E-state index in [0.29, 0.717) is 0 Å². The standard InChI is InChI=1S/C15H13F4N/c1-8-3-4-10(5-9(8)2)7-20-15-13(18)11(16)6-12(17)14(15)19/h3-6,20H,7H2,1-2H3. The van der Waals surface area contributed by atoms with Crippen molar-refractivity contribution in [2.45, 2.75) is 20.4 Å².